The predicted molar refractivity (Wildman–Crippen MR) is 63.1 cm³/mol. The minimum absolute atomic E-state index is 0.00500. The lowest BCUT2D eigenvalue weighted by atomic mass is 10.3. The van der Waals surface area contributed by atoms with E-state index < -0.39 is 5.82 Å². The van der Waals surface area contributed by atoms with E-state index in [-0.39, 0.29) is 16.7 Å². The topological polar surface area (TPSA) is 47.0 Å². The molecule has 0 aliphatic rings. The molecule has 17 heavy (non-hydrogen) atoms. The summed E-state index contributed by atoms with van der Waals surface area (Å²) < 4.78 is 18.8. The fourth-order valence-corrected chi connectivity index (χ4v) is 1.36. The van der Waals surface area contributed by atoms with Crippen LogP contribution in [-0.4, -0.2) is 17.0 Å². The van der Waals surface area contributed by atoms with E-state index in [4.69, 9.17) is 16.3 Å². The van der Waals surface area contributed by atoms with Crippen molar-refractivity contribution in [1.29, 1.82) is 0 Å². The van der Waals surface area contributed by atoms with Crippen LogP contribution in [-0.2, 0) is 0 Å². The Morgan fingerprint density at radius 3 is 2.94 bits per heavy atom. The first kappa shape index (κ1) is 11.6. The molecule has 0 aliphatic carbocycles. The molecule has 0 radical (unpaired) electrons. The zero-order valence-corrected chi connectivity index (χ0v) is 9.70. The highest BCUT2D eigenvalue weighted by Gasteiger charge is 2.09. The highest BCUT2D eigenvalue weighted by molar-refractivity contribution is 6.30. The smallest absolute Gasteiger partial charge is 0.225 e. The maximum absolute atomic E-state index is 13.6. The molecule has 0 saturated carbocycles. The van der Waals surface area contributed by atoms with E-state index in [1.807, 2.05) is 0 Å². The number of nitrogens with one attached hydrogen (secondary N) is 1. The Bertz CT molecular complexity index is 536. The second-order valence-corrected chi connectivity index (χ2v) is 3.53. The first-order chi connectivity index (χ1) is 8.20. The number of anilines is 1. The third-order valence-corrected chi connectivity index (χ3v) is 2.28. The van der Waals surface area contributed by atoms with Crippen LogP contribution in [0.25, 0.3) is 0 Å². The van der Waals surface area contributed by atoms with Gasteiger partial charge in [0.15, 0.2) is 11.6 Å². The third-order valence-electron chi connectivity index (χ3n) is 1.98. The molecule has 1 aromatic heterocycles. The van der Waals surface area contributed by atoms with Crippen LogP contribution in [0.5, 0.6) is 11.6 Å². The van der Waals surface area contributed by atoms with Crippen molar-refractivity contribution < 1.29 is 9.13 Å². The van der Waals surface area contributed by atoms with Crippen LogP contribution in [0.2, 0.25) is 5.02 Å². The summed E-state index contributed by atoms with van der Waals surface area (Å²) in [5.74, 6) is 0.0486. The standard InChI is InChI=1S/C11H9ClFN3O/c1-14-11-15-6-5-9(16-11)17-8-4-2-3-7(12)10(8)13/h2-6H,1H3,(H,14,15,16). The number of nitrogens with zero attached hydrogens (tertiary/aromatic N) is 2. The number of hydrogen-bond donors (Lipinski definition) is 1. The lowest BCUT2D eigenvalue weighted by Crippen LogP contribution is -1.98. The second kappa shape index (κ2) is 4.97. The van der Waals surface area contributed by atoms with Crippen molar-refractivity contribution in [2.24, 2.45) is 0 Å². The Hall–Kier alpha value is -1.88. The Morgan fingerprint density at radius 2 is 2.18 bits per heavy atom. The summed E-state index contributed by atoms with van der Waals surface area (Å²) in [4.78, 5) is 7.92. The normalized spacial score (nSPS) is 10.1. The van der Waals surface area contributed by atoms with Gasteiger partial charge < -0.3 is 10.1 Å². The number of ether oxygens (including phenoxy) is 1. The van der Waals surface area contributed by atoms with E-state index in [2.05, 4.69) is 15.3 Å². The number of hydrogen-bond acceptors (Lipinski definition) is 4. The van der Waals surface area contributed by atoms with E-state index in [1.165, 1.54) is 24.4 Å². The average Bonchev–Trinajstić information content (AvgIpc) is 2.35. The molecular formula is C11H9ClFN3O. The van der Waals surface area contributed by atoms with Gasteiger partial charge in [0.1, 0.15) is 0 Å². The Labute approximate surface area is 102 Å². The summed E-state index contributed by atoms with van der Waals surface area (Å²) in [5, 5.41) is 2.76. The number of aromatic nitrogens is 2. The lowest BCUT2D eigenvalue weighted by molar-refractivity contribution is 0.427. The molecule has 1 aromatic carbocycles. The predicted octanol–water partition coefficient (Wildman–Crippen LogP) is 3.10. The summed E-state index contributed by atoms with van der Waals surface area (Å²) in [6, 6.07) is 6.05. The summed E-state index contributed by atoms with van der Waals surface area (Å²) >= 11 is 5.64. The van der Waals surface area contributed by atoms with Gasteiger partial charge >= 0.3 is 0 Å². The van der Waals surface area contributed by atoms with E-state index >= 15 is 0 Å². The van der Waals surface area contributed by atoms with Gasteiger partial charge in [0.2, 0.25) is 11.8 Å². The summed E-state index contributed by atoms with van der Waals surface area (Å²) in [7, 11) is 1.68. The van der Waals surface area contributed by atoms with Gasteiger partial charge in [-0.1, -0.05) is 17.7 Å². The Kier molecular flexibility index (Phi) is 3.39. The SMILES string of the molecule is CNc1nccc(Oc2cccc(Cl)c2F)n1. The highest BCUT2D eigenvalue weighted by atomic mass is 35.5. The van der Waals surface area contributed by atoms with Gasteiger partial charge in [0.05, 0.1) is 5.02 Å². The third kappa shape index (κ3) is 2.62. The van der Waals surface area contributed by atoms with Gasteiger partial charge in [-0.15, -0.1) is 0 Å². The molecule has 2 rings (SSSR count). The molecule has 0 unspecified atom stereocenters. The van der Waals surface area contributed by atoms with Gasteiger partial charge in [0, 0.05) is 19.3 Å². The molecule has 0 spiro atoms. The van der Waals surface area contributed by atoms with Crippen LogP contribution < -0.4 is 10.1 Å². The first-order valence-corrected chi connectivity index (χ1v) is 5.21. The average molecular weight is 254 g/mol. The molecule has 0 aliphatic heterocycles. The molecule has 0 bridgehead atoms. The molecule has 1 heterocycles. The quantitative estimate of drug-likeness (QED) is 0.913. The van der Waals surface area contributed by atoms with Crippen LogP contribution in [0, 0.1) is 5.82 Å². The second-order valence-electron chi connectivity index (χ2n) is 3.12. The molecule has 0 fully saturated rings. The number of halogens is 2. The van der Waals surface area contributed by atoms with E-state index in [0.717, 1.165) is 0 Å². The maximum atomic E-state index is 13.6. The zero-order valence-electron chi connectivity index (χ0n) is 8.95. The largest absolute Gasteiger partial charge is 0.436 e. The van der Waals surface area contributed by atoms with Crippen molar-refractivity contribution in [3.63, 3.8) is 0 Å². The fraction of sp³-hybridized carbons (Fsp3) is 0.0909. The molecule has 0 saturated heterocycles. The summed E-state index contributed by atoms with van der Waals surface area (Å²) in [6.07, 6.45) is 1.51. The molecule has 1 N–H and O–H groups in total. The molecule has 2 aromatic rings. The van der Waals surface area contributed by atoms with Crippen LogP contribution in [0.1, 0.15) is 0 Å². The number of benzene rings is 1. The summed E-state index contributed by atoms with van der Waals surface area (Å²) in [5.41, 5.74) is 0. The van der Waals surface area contributed by atoms with Crippen molar-refractivity contribution >= 4 is 17.5 Å². The van der Waals surface area contributed by atoms with Crippen molar-refractivity contribution in [2.45, 2.75) is 0 Å². The molecule has 88 valence electrons. The van der Waals surface area contributed by atoms with E-state index in [0.29, 0.717) is 5.95 Å². The Balaban J connectivity index is 2.28. The van der Waals surface area contributed by atoms with Crippen LogP contribution in [0.3, 0.4) is 0 Å². The first-order valence-electron chi connectivity index (χ1n) is 4.83. The van der Waals surface area contributed by atoms with Gasteiger partial charge in [-0.05, 0) is 12.1 Å². The van der Waals surface area contributed by atoms with Crippen molar-refractivity contribution in [1.82, 2.24) is 9.97 Å². The minimum atomic E-state index is -0.612. The van der Waals surface area contributed by atoms with Gasteiger partial charge in [-0.3, -0.25) is 0 Å². The molecular weight excluding hydrogens is 245 g/mol. The molecule has 0 amide bonds. The van der Waals surface area contributed by atoms with Gasteiger partial charge in [0.25, 0.3) is 0 Å². The van der Waals surface area contributed by atoms with Crippen molar-refractivity contribution in [3.8, 4) is 11.6 Å². The zero-order chi connectivity index (χ0) is 12.3. The summed E-state index contributed by atoms with van der Waals surface area (Å²) in [6.45, 7) is 0. The minimum Gasteiger partial charge on any atom is -0.436 e. The number of rotatable bonds is 3. The van der Waals surface area contributed by atoms with E-state index in [9.17, 15) is 4.39 Å². The maximum Gasteiger partial charge on any atom is 0.225 e. The lowest BCUT2D eigenvalue weighted by Gasteiger charge is -2.07. The molecule has 6 heteroatoms. The molecule has 0 atom stereocenters. The van der Waals surface area contributed by atoms with Gasteiger partial charge in [-0.25, -0.2) is 9.37 Å². The van der Waals surface area contributed by atoms with Crippen molar-refractivity contribution in [2.75, 3.05) is 12.4 Å². The van der Waals surface area contributed by atoms with E-state index in [1.54, 1.807) is 13.1 Å². The monoisotopic (exact) mass is 253 g/mol. The van der Waals surface area contributed by atoms with Crippen LogP contribution in [0.4, 0.5) is 10.3 Å². The van der Waals surface area contributed by atoms with Crippen LogP contribution in [0.15, 0.2) is 30.5 Å². The Morgan fingerprint density at radius 1 is 1.35 bits per heavy atom. The fourth-order valence-electron chi connectivity index (χ4n) is 1.19. The van der Waals surface area contributed by atoms with Crippen molar-refractivity contribution in [3.05, 3.63) is 41.3 Å². The highest BCUT2D eigenvalue weighted by Crippen LogP contribution is 2.27. The van der Waals surface area contributed by atoms with Crippen LogP contribution >= 0.6 is 11.6 Å². The molecule has 4 nitrogen and oxygen atoms in total. The van der Waals surface area contributed by atoms with Gasteiger partial charge in [-0.2, -0.15) is 4.98 Å².